The Bertz CT molecular complexity index is 2290. The first-order valence-electron chi connectivity index (χ1n) is 19.0. The van der Waals surface area contributed by atoms with Crippen LogP contribution in [0.25, 0.3) is 0 Å². The van der Waals surface area contributed by atoms with Gasteiger partial charge in [0.2, 0.25) is 0 Å². The van der Waals surface area contributed by atoms with Gasteiger partial charge in [-0.2, -0.15) is 0 Å². The Labute approximate surface area is 339 Å². The molecule has 1 N–H and O–H groups in total. The van der Waals surface area contributed by atoms with Crippen LogP contribution in [0.3, 0.4) is 0 Å². The quantitative estimate of drug-likeness (QED) is 0.156. The number of hydrogen-bond acceptors (Lipinski definition) is 6. The summed E-state index contributed by atoms with van der Waals surface area (Å²) in [6.45, 7) is 0. The summed E-state index contributed by atoms with van der Waals surface area (Å²) in [5, 5.41) is 10.3. The summed E-state index contributed by atoms with van der Waals surface area (Å²) in [6, 6.07) is 55.1. The van der Waals surface area contributed by atoms with E-state index in [1.807, 2.05) is 127 Å². The van der Waals surface area contributed by atoms with Crippen LogP contribution in [0.2, 0.25) is 0 Å². The van der Waals surface area contributed by atoms with Gasteiger partial charge in [0.15, 0.2) is 11.6 Å². The van der Waals surface area contributed by atoms with Gasteiger partial charge < -0.3 is 9.84 Å². The zero-order valence-electron chi connectivity index (χ0n) is 31.5. The molecule has 0 atom stereocenters. The van der Waals surface area contributed by atoms with E-state index in [9.17, 15) is 14.7 Å². The fraction of sp³-hybridized carbons (Fsp3) is 0.120. The molecule has 0 amide bonds. The van der Waals surface area contributed by atoms with Crippen LogP contribution in [0.4, 0.5) is 11.4 Å². The molecule has 2 aliphatic rings. The molecule has 0 fully saturated rings. The minimum absolute atomic E-state index is 0.130. The van der Waals surface area contributed by atoms with Crippen molar-refractivity contribution in [2.45, 2.75) is 38.5 Å². The van der Waals surface area contributed by atoms with E-state index in [2.05, 4.69) is 24.3 Å². The minimum atomic E-state index is 0.130. The Morgan fingerprint density at radius 2 is 0.930 bits per heavy atom. The third-order valence-corrected chi connectivity index (χ3v) is 9.19. The lowest BCUT2D eigenvalue weighted by Crippen LogP contribution is -2.07. The normalized spacial score (nSPS) is 13.3. The molecule has 0 radical (unpaired) electrons. The summed E-state index contributed by atoms with van der Waals surface area (Å²) < 4.78 is 5.93. The van der Waals surface area contributed by atoms with Crippen molar-refractivity contribution in [2.24, 2.45) is 9.98 Å². The molecule has 0 saturated carbocycles. The number of phenolic OH excluding ortho intramolecular Hbond substituents is 1. The molecular weight excluding hydrogens is 728 g/mol. The molecule has 0 spiro atoms. The first kappa shape index (κ1) is 40.0. The van der Waals surface area contributed by atoms with Crippen LogP contribution < -0.4 is 4.74 Å². The molecule has 0 unspecified atom stereocenters. The summed E-state index contributed by atoms with van der Waals surface area (Å²) in [7, 11) is 0. The van der Waals surface area contributed by atoms with Crippen molar-refractivity contribution in [2.75, 3.05) is 0 Å². The molecule has 6 aromatic carbocycles. The standard InChI is InChI=1S/C25H21NO2.C19H15NO.C6H7ClO/c27-22-14-8-16-24(18-22)28-23-15-7-13-21(17-23)26-25(19-9-3-1-4-10-19)20-11-5-2-6-12-20;21-18-13-7-12-17(14-18)20-19(15-8-3-1-4-9-15)16-10-5-2-6-11-16;7-5-2-1-3-6(8)4-5/h1-7,9-13,15,17-18H,8,14,16H2;1-14,21H;4H,1-3H2. The predicted octanol–water partition coefficient (Wildman–Crippen LogP) is 12.3. The Morgan fingerprint density at radius 1 is 0.491 bits per heavy atom. The van der Waals surface area contributed by atoms with Crippen molar-refractivity contribution in [3.05, 3.63) is 215 Å². The van der Waals surface area contributed by atoms with Crippen molar-refractivity contribution < 1.29 is 19.4 Å². The molecule has 2 aliphatic carbocycles. The van der Waals surface area contributed by atoms with Gasteiger partial charge in [-0.25, -0.2) is 9.98 Å². The number of aromatic hydroxyl groups is 1. The van der Waals surface area contributed by atoms with E-state index >= 15 is 0 Å². The number of halogens is 1. The minimum Gasteiger partial charge on any atom is -0.508 e. The summed E-state index contributed by atoms with van der Waals surface area (Å²) >= 11 is 5.55. The van der Waals surface area contributed by atoms with Gasteiger partial charge in [-0.05, 0) is 49.6 Å². The number of aliphatic imine (C=N–C) groups is 2. The Balaban J connectivity index is 0.000000166. The molecule has 0 aliphatic heterocycles. The lowest BCUT2D eigenvalue weighted by atomic mass is 10.0. The number of ketones is 2. The molecule has 57 heavy (non-hydrogen) atoms. The molecule has 0 aromatic heterocycles. The Morgan fingerprint density at radius 3 is 1.35 bits per heavy atom. The second-order valence-corrected chi connectivity index (χ2v) is 13.8. The van der Waals surface area contributed by atoms with Crippen LogP contribution in [0.5, 0.6) is 11.5 Å². The van der Waals surface area contributed by atoms with Crippen LogP contribution in [-0.2, 0) is 9.59 Å². The summed E-state index contributed by atoms with van der Waals surface area (Å²) in [4.78, 5) is 31.8. The van der Waals surface area contributed by atoms with Gasteiger partial charge in [-0.1, -0.05) is 145 Å². The maximum absolute atomic E-state index is 11.6. The van der Waals surface area contributed by atoms with Gasteiger partial charge in [-0.15, -0.1) is 0 Å². The molecule has 8 rings (SSSR count). The lowest BCUT2D eigenvalue weighted by molar-refractivity contribution is -0.115. The number of carbonyl (C=O) groups is 2. The Hall–Kier alpha value is -6.63. The van der Waals surface area contributed by atoms with E-state index in [1.54, 1.807) is 24.3 Å². The van der Waals surface area contributed by atoms with Crippen molar-refractivity contribution in [3.8, 4) is 11.5 Å². The van der Waals surface area contributed by atoms with Gasteiger partial charge in [0, 0.05) is 64.8 Å². The zero-order valence-corrected chi connectivity index (χ0v) is 32.3. The van der Waals surface area contributed by atoms with Crippen LogP contribution in [-0.4, -0.2) is 28.1 Å². The molecule has 7 heteroatoms. The molecule has 6 aromatic rings. The average molecular weight is 771 g/mol. The van der Waals surface area contributed by atoms with Gasteiger partial charge in [0.05, 0.1) is 22.8 Å². The van der Waals surface area contributed by atoms with Crippen LogP contribution in [0, 0.1) is 0 Å². The average Bonchev–Trinajstić information content (AvgIpc) is 3.24. The number of nitrogens with zero attached hydrogens (tertiary/aromatic N) is 2. The lowest BCUT2D eigenvalue weighted by Gasteiger charge is -2.14. The van der Waals surface area contributed by atoms with Crippen molar-refractivity contribution in [3.63, 3.8) is 0 Å². The predicted molar refractivity (Wildman–Crippen MR) is 231 cm³/mol. The van der Waals surface area contributed by atoms with Crippen LogP contribution >= 0.6 is 11.6 Å². The van der Waals surface area contributed by atoms with E-state index in [-0.39, 0.29) is 17.3 Å². The molecule has 0 saturated heterocycles. The van der Waals surface area contributed by atoms with Crippen molar-refractivity contribution in [1.82, 2.24) is 0 Å². The van der Waals surface area contributed by atoms with Crippen molar-refractivity contribution in [1.29, 1.82) is 0 Å². The zero-order chi connectivity index (χ0) is 39.7. The van der Waals surface area contributed by atoms with Crippen LogP contribution in [0.15, 0.2) is 203 Å². The largest absolute Gasteiger partial charge is 0.508 e. The number of phenols is 1. The SMILES string of the molecule is O=C1C=C(Cl)CCC1.O=C1C=C(Oc2cccc(N=C(c3ccccc3)c3ccccc3)c2)CCC1.Oc1cccc(N=C(c2ccccc2)c2ccccc2)c1. The maximum Gasteiger partial charge on any atom is 0.159 e. The smallest absolute Gasteiger partial charge is 0.159 e. The fourth-order valence-corrected chi connectivity index (χ4v) is 6.41. The molecular formula is C50H43ClN2O4. The highest BCUT2D eigenvalue weighted by atomic mass is 35.5. The Kier molecular flexibility index (Phi) is 14.7. The fourth-order valence-electron chi connectivity index (χ4n) is 6.16. The molecule has 0 heterocycles. The highest BCUT2D eigenvalue weighted by molar-refractivity contribution is 6.31. The second-order valence-electron chi connectivity index (χ2n) is 13.3. The number of ether oxygens (including phenoxy) is 1. The monoisotopic (exact) mass is 770 g/mol. The van der Waals surface area contributed by atoms with E-state index < -0.39 is 0 Å². The molecule has 0 bridgehead atoms. The third kappa shape index (κ3) is 12.7. The molecule has 284 valence electrons. The van der Waals surface area contributed by atoms with E-state index in [0.29, 0.717) is 23.6 Å². The van der Waals surface area contributed by atoms with E-state index in [4.69, 9.17) is 26.3 Å². The summed E-state index contributed by atoms with van der Waals surface area (Å²) in [6.07, 6.45) is 7.85. The summed E-state index contributed by atoms with van der Waals surface area (Å²) in [5.74, 6) is 1.94. The van der Waals surface area contributed by atoms with E-state index in [1.165, 1.54) is 6.08 Å². The third-order valence-electron chi connectivity index (χ3n) is 8.89. The maximum atomic E-state index is 11.6. The van der Waals surface area contributed by atoms with E-state index in [0.717, 1.165) is 76.5 Å². The number of benzene rings is 6. The van der Waals surface area contributed by atoms with Crippen molar-refractivity contribution >= 4 is 46.0 Å². The van der Waals surface area contributed by atoms with Gasteiger partial charge in [0.1, 0.15) is 17.3 Å². The first-order valence-corrected chi connectivity index (χ1v) is 19.4. The first-order chi connectivity index (χ1) is 27.9. The topological polar surface area (TPSA) is 88.3 Å². The number of hydrogen-bond donors (Lipinski definition) is 1. The van der Waals surface area contributed by atoms with Gasteiger partial charge in [0.25, 0.3) is 0 Å². The van der Waals surface area contributed by atoms with Gasteiger partial charge >= 0.3 is 0 Å². The number of carbonyl (C=O) groups excluding carboxylic acids is 2. The molecule has 6 nitrogen and oxygen atoms in total. The van der Waals surface area contributed by atoms with Gasteiger partial charge in [-0.3, -0.25) is 9.59 Å². The second kappa shape index (κ2) is 20.9. The highest BCUT2D eigenvalue weighted by Gasteiger charge is 2.13. The number of rotatable bonds is 8. The number of allylic oxidation sites excluding steroid dienone is 4. The highest BCUT2D eigenvalue weighted by Crippen LogP contribution is 2.27. The summed E-state index contributed by atoms with van der Waals surface area (Å²) in [5.41, 5.74) is 7.55. The van der Waals surface area contributed by atoms with Crippen LogP contribution in [0.1, 0.15) is 60.8 Å².